The summed E-state index contributed by atoms with van der Waals surface area (Å²) in [6.07, 6.45) is 0. The molecule has 94 valence electrons. The molecule has 1 heterocycles. The van der Waals surface area contributed by atoms with E-state index < -0.39 is 0 Å². The third-order valence-corrected chi connectivity index (χ3v) is 3.08. The van der Waals surface area contributed by atoms with Crippen molar-refractivity contribution in [3.8, 4) is 22.8 Å². The van der Waals surface area contributed by atoms with Crippen LogP contribution in [0.25, 0.3) is 22.8 Å². The van der Waals surface area contributed by atoms with Gasteiger partial charge in [-0.3, -0.25) is 0 Å². The lowest BCUT2D eigenvalue weighted by Gasteiger charge is -2.01. The summed E-state index contributed by atoms with van der Waals surface area (Å²) in [4.78, 5) is 4.47. The average molecular weight is 250 g/mol. The molecule has 19 heavy (non-hydrogen) atoms. The minimum Gasteiger partial charge on any atom is -0.334 e. The highest BCUT2D eigenvalue weighted by Crippen LogP contribution is 2.25. The van der Waals surface area contributed by atoms with E-state index in [1.165, 1.54) is 5.56 Å². The van der Waals surface area contributed by atoms with Crippen LogP contribution in [0.4, 0.5) is 0 Å². The first-order valence-electron chi connectivity index (χ1n) is 6.21. The van der Waals surface area contributed by atoms with Crippen molar-refractivity contribution in [2.24, 2.45) is 0 Å². The Morgan fingerprint density at radius 1 is 0.947 bits per heavy atom. The fraction of sp³-hybridized carbons (Fsp3) is 0.125. The Balaban J connectivity index is 2.04. The summed E-state index contributed by atoms with van der Waals surface area (Å²) in [5.74, 6) is 1.19. The Morgan fingerprint density at radius 2 is 1.74 bits per heavy atom. The molecule has 0 aliphatic heterocycles. The summed E-state index contributed by atoms with van der Waals surface area (Å²) >= 11 is 0. The van der Waals surface area contributed by atoms with Crippen molar-refractivity contribution >= 4 is 0 Å². The van der Waals surface area contributed by atoms with Crippen LogP contribution in [0.15, 0.2) is 53.1 Å². The van der Waals surface area contributed by atoms with Crippen LogP contribution in [0, 0.1) is 13.8 Å². The molecule has 0 unspecified atom stereocenters. The van der Waals surface area contributed by atoms with Crippen LogP contribution in [-0.4, -0.2) is 10.1 Å². The zero-order chi connectivity index (χ0) is 13.2. The molecule has 0 bridgehead atoms. The van der Waals surface area contributed by atoms with Crippen molar-refractivity contribution in [1.82, 2.24) is 10.1 Å². The predicted octanol–water partition coefficient (Wildman–Crippen LogP) is 4.02. The van der Waals surface area contributed by atoms with Crippen LogP contribution < -0.4 is 0 Å². The molecule has 0 N–H and O–H groups in total. The maximum absolute atomic E-state index is 5.38. The second kappa shape index (κ2) is 4.69. The lowest BCUT2D eigenvalue weighted by molar-refractivity contribution is 0.432. The lowest BCUT2D eigenvalue weighted by atomic mass is 10.1. The van der Waals surface area contributed by atoms with Gasteiger partial charge in [-0.25, -0.2) is 0 Å². The molecule has 0 atom stereocenters. The number of hydrogen-bond acceptors (Lipinski definition) is 3. The van der Waals surface area contributed by atoms with E-state index in [0.717, 1.165) is 16.7 Å². The Kier molecular flexibility index (Phi) is 2.88. The van der Waals surface area contributed by atoms with Gasteiger partial charge in [0, 0.05) is 11.1 Å². The molecular weight excluding hydrogens is 236 g/mol. The highest BCUT2D eigenvalue weighted by molar-refractivity contribution is 5.62. The van der Waals surface area contributed by atoms with E-state index in [4.69, 9.17) is 4.52 Å². The summed E-state index contributed by atoms with van der Waals surface area (Å²) in [5, 5.41) is 4.05. The summed E-state index contributed by atoms with van der Waals surface area (Å²) in [6.45, 7) is 4.10. The fourth-order valence-electron chi connectivity index (χ4n) is 2.00. The average Bonchev–Trinajstić information content (AvgIpc) is 2.92. The van der Waals surface area contributed by atoms with Crippen LogP contribution in [0.5, 0.6) is 0 Å². The highest BCUT2D eigenvalue weighted by Gasteiger charge is 2.12. The van der Waals surface area contributed by atoms with Crippen LogP contribution in [-0.2, 0) is 0 Å². The molecular formula is C16H14N2O. The molecule has 0 radical (unpaired) electrons. The lowest BCUT2D eigenvalue weighted by Crippen LogP contribution is -1.85. The molecule has 0 aliphatic carbocycles. The number of hydrogen-bond donors (Lipinski definition) is 0. The van der Waals surface area contributed by atoms with Crippen LogP contribution >= 0.6 is 0 Å². The maximum atomic E-state index is 5.38. The molecule has 3 aromatic rings. The first-order valence-corrected chi connectivity index (χ1v) is 6.21. The Morgan fingerprint density at radius 3 is 2.53 bits per heavy atom. The minimum absolute atomic E-state index is 0.569. The van der Waals surface area contributed by atoms with Gasteiger partial charge in [0.15, 0.2) is 0 Å². The number of benzene rings is 2. The molecule has 1 aromatic heterocycles. The van der Waals surface area contributed by atoms with E-state index in [-0.39, 0.29) is 0 Å². The number of aromatic nitrogens is 2. The first-order chi connectivity index (χ1) is 9.24. The van der Waals surface area contributed by atoms with Crippen molar-refractivity contribution in [3.63, 3.8) is 0 Å². The Hall–Kier alpha value is -2.42. The van der Waals surface area contributed by atoms with E-state index >= 15 is 0 Å². The number of rotatable bonds is 2. The van der Waals surface area contributed by atoms with Gasteiger partial charge in [-0.2, -0.15) is 4.98 Å². The minimum atomic E-state index is 0.569. The molecule has 3 rings (SSSR count). The van der Waals surface area contributed by atoms with Gasteiger partial charge in [0.25, 0.3) is 5.89 Å². The van der Waals surface area contributed by atoms with Gasteiger partial charge < -0.3 is 4.52 Å². The van der Waals surface area contributed by atoms with E-state index in [1.807, 2.05) is 37.3 Å². The molecule has 0 saturated heterocycles. The third-order valence-electron chi connectivity index (χ3n) is 3.08. The first kappa shape index (κ1) is 11.7. The summed E-state index contributed by atoms with van der Waals surface area (Å²) < 4.78 is 5.38. The summed E-state index contributed by atoms with van der Waals surface area (Å²) in [5.41, 5.74) is 4.27. The smallest absolute Gasteiger partial charge is 0.258 e. The highest BCUT2D eigenvalue weighted by atomic mass is 16.5. The molecule has 0 spiro atoms. The van der Waals surface area contributed by atoms with Crippen molar-refractivity contribution in [2.45, 2.75) is 13.8 Å². The fourth-order valence-corrected chi connectivity index (χ4v) is 2.00. The van der Waals surface area contributed by atoms with Crippen LogP contribution in [0.1, 0.15) is 11.1 Å². The van der Waals surface area contributed by atoms with Crippen molar-refractivity contribution in [1.29, 1.82) is 0 Å². The largest absolute Gasteiger partial charge is 0.334 e. The molecule has 2 aromatic carbocycles. The third kappa shape index (κ3) is 2.27. The normalized spacial score (nSPS) is 10.6. The monoisotopic (exact) mass is 250 g/mol. The number of nitrogens with zero attached hydrogens (tertiary/aromatic N) is 2. The zero-order valence-electron chi connectivity index (χ0n) is 10.9. The SMILES string of the molecule is Cc1ccc(C)c(-c2nc(-c3ccccc3)no2)c1. The van der Waals surface area contributed by atoms with Crippen molar-refractivity contribution in [2.75, 3.05) is 0 Å². The summed E-state index contributed by atoms with van der Waals surface area (Å²) in [7, 11) is 0. The van der Waals surface area contributed by atoms with E-state index in [9.17, 15) is 0 Å². The Bertz CT molecular complexity index is 702. The van der Waals surface area contributed by atoms with Gasteiger partial charge in [-0.1, -0.05) is 53.2 Å². The van der Waals surface area contributed by atoms with Crippen LogP contribution in [0.2, 0.25) is 0 Å². The van der Waals surface area contributed by atoms with E-state index in [2.05, 4.69) is 35.3 Å². The van der Waals surface area contributed by atoms with E-state index in [0.29, 0.717) is 11.7 Å². The van der Waals surface area contributed by atoms with Crippen molar-refractivity contribution in [3.05, 3.63) is 59.7 Å². The molecule has 3 heteroatoms. The van der Waals surface area contributed by atoms with Crippen LogP contribution in [0.3, 0.4) is 0 Å². The van der Waals surface area contributed by atoms with Crippen molar-refractivity contribution < 1.29 is 4.52 Å². The second-order valence-corrected chi connectivity index (χ2v) is 4.61. The Labute approximate surface area is 111 Å². The second-order valence-electron chi connectivity index (χ2n) is 4.61. The molecule has 0 fully saturated rings. The van der Waals surface area contributed by atoms with Gasteiger partial charge in [-0.15, -0.1) is 0 Å². The van der Waals surface area contributed by atoms with Gasteiger partial charge in [0.05, 0.1) is 0 Å². The maximum Gasteiger partial charge on any atom is 0.258 e. The molecule has 0 amide bonds. The zero-order valence-corrected chi connectivity index (χ0v) is 10.9. The molecule has 0 saturated carbocycles. The van der Waals surface area contributed by atoms with Gasteiger partial charge in [0.2, 0.25) is 5.82 Å². The molecule has 3 nitrogen and oxygen atoms in total. The van der Waals surface area contributed by atoms with Gasteiger partial charge in [0.1, 0.15) is 0 Å². The summed E-state index contributed by atoms with van der Waals surface area (Å²) in [6, 6.07) is 16.0. The standard InChI is InChI=1S/C16H14N2O/c1-11-8-9-12(2)14(10-11)16-17-15(18-19-16)13-6-4-3-5-7-13/h3-10H,1-2H3. The van der Waals surface area contributed by atoms with Gasteiger partial charge in [-0.05, 0) is 25.5 Å². The van der Waals surface area contributed by atoms with E-state index in [1.54, 1.807) is 0 Å². The molecule has 0 aliphatic rings. The number of aryl methyl sites for hydroxylation is 2. The quantitative estimate of drug-likeness (QED) is 0.689. The van der Waals surface area contributed by atoms with Gasteiger partial charge >= 0.3 is 0 Å². The predicted molar refractivity (Wildman–Crippen MR) is 74.6 cm³/mol. The topological polar surface area (TPSA) is 38.9 Å².